The van der Waals surface area contributed by atoms with E-state index in [4.69, 9.17) is 0 Å². The molecule has 5 heteroatoms. The van der Waals surface area contributed by atoms with Gasteiger partial charge in [0.2, 0.25) is 0 Å². The van der Waals surface area contributed by atoms with Crippen LogP contribution in [0.2, 0.25) is 0 Å². The molecule has 4 nitrogen and oxygen atoms in total. The Morgan fingerprint density at radius 1 is 1.26 bits per heavy atom. The van der Waals surface area contributed by atoms with Gasteiger partial charge < -0.3 is 12.4 Å². The predicted molar refractivity (Wildman–Crippen MR) is 71.8 cm³/mol. The Hall–Kier alpha value is -1.36. The summed E-state index contributed by atoms with van der Waals surface area (Å²) in [5, 5.41) is 1.15. The van der Waals surface area contributed by atoms with Crippen LogP contribution in [0.4, 0.5) is 0 Å². The van der Waals surface area contributed by atoms with Gasteiger partial charge in [-0.15, -0.1) is 0 Å². The Morgan fingerprint density at radius 3 is 2.53 bits per heavy atom. The van der Waals surface area contributed by atoms with Gasteiger partial charge in [-0.3, -0.25) is 9.69 Å². The van der Waals surface area contributed by atoms with Crippen molar-refractivity contribution in [1.29, 1.82) is 0 Å². The first-order chi connectivity index (χ1) is 8.74. The van der Waals surface area contributed by atoms with Crippen LogP contribution in [0.1, 0.15) is 5.56 Å². The van der Waals surface area contributed by atoms with Crippen molar-refractivity contribution in [2.75, 3.05) is 33.2 Å². The van der Waals surface area contributed by atoms with Gasteiger partial charge in [0, 0.05) is 19.2 Å². The molecule has 2 rings (SSSR count). The zero-order valence-electron chi connectivity index (χ0n) is 11.1. The maximum absolute atomic E-state index is 11.7. The molecule has 1 aromatic carbocycles. The molecule has 0 saturated carbocycles. The van der Waals surface area contributed by atoms with Gasteiger partial charge in [-0.05, 0) is 18.7 Å². The summed E-state index contributed by atoms with van der Waals surface area (Å²) in [6, 6.07) is 9.84. The first kappa shape index (κ1) is 15.7. The van der Waals surface area contributed by atoms with Gasteiger partial charge in [-0.1, -0.05) is 30.3 Å². The fourth-order valence-corrected chi connectivity index (χ4v) is 1.97. The van der Waals surface area contributed by atoms with Gasteiger partial charge in [0.1, 0.15) is 13.1 Å². The minimum Gasteiger partial charge on any atom is -1.00 e. The molecule has 19 heavy (non-hydrogen) atoms. The molecule has 0 aliphatic carbocycles. The van der Waals surface area contributed by atoms with Crippen LogP contribution in [0, 0.1) is 0 Å². The fourth-order valence-electron chi connectivity index (χ4n) is 1.97. The summed E-state index contributed by atoms with van der Waals surface area (Å²) in [5.74, 6) is -0.0293. The first-order valence-corrected chi connectivity index (χ1v) is 6.31. The number of hydrogen-bond donors (Lipinski definition) is 2. The van der Waals surface area contributed by atoms with Crippen LogP contribution >= 0.6 is 0 Å². The third-order valence-electron chi connectivity index (χ3n) is 3.12. The molecule has 0 aromatic heterocycles. The van der Waals surface area contributed by atoms with E-state index < -0.39 is 0 Å². The highest BCUT2D eigenvalue weighted by Crippen LogP contribution is 1.99. The number of carbonyl (C=O) groups excluding carboxylic acids is 1. The topological polar surface area (TPSA) is 36.8 Å². The number of benzene rings is 1. The second-order valence-electron chi connectivity index (χ2n) is 4.64. The number of likely N-dealkylation sites (N-methyl/N-ethyl adjacent to an activating group) is 1. The lowest BCUT2D eigenvalue weighted by atomic mass is 10.2. The second-order valence-corrected chi connectivity index (χ2v) is 4.64. The number of hydrogen-bond acceptors (Lipinski definition) is 2. The Labute approximate surface area is 120 Å². The molecule has 2 N–H and O–H groups in total. The summed E-state index contributed by atoms with van der Waals surface area (Å²) in [6.45, 7) is 3.97. The zero-order valence-corrected chi connectivity index (χ0v) is 11.9. The first-order valence-electron chi connectivity index (χ1n) is 6.31. The number of piperazine rings is 1. The Morgan fingerprint density at radius 2 is 1.89 bits per heavy atom. The van der Waals surface area contributed by atoms with E-state index in [-0.39, 0.29) is 18.3 Å². The van der Waals surface area contributed by atoms with Gasteiger partial charge in [-0.25, -0.2) is 5.01 Å². The number of nitrogens with zero attached hydrogens (tertiary/aromatic N) is 1. The van der Waals surface area contributed by atoms with Crippen LogP contribution < -0.4 is 22.8 Å². The SMILES string of the molecule is CN1CC[NH+](NC(=O)/C=C/c2ccccc2)CC1.[Cl-]. The standard InChI is InChI=1S/C14H19N3O.ClH/c1-16-9-11-17(12-10-16)15-14(18)8-7-13-5-3-2-4-6-13;/h2-8H,9-12H2,1H3,(H,15,18);1H/b8-7+;. The van der Waals surface area contributed by atoms with Crippen LogP contribution in [-0.2, 0) is 4.79 Å². The molecule has 1 aliphatic rings. The number of rotatable bonds is 3. The summed E-state index contributed by atoms with van der Waals surface area (Å²) < 4.78 is 0. The van der Waals surface area contributed by atoms with E-state index in [1.165, 1.54) is 0 Å². The third-order valence-corrected chi connectivity index (χ3v) is 3.12. The van der Waals surface area contributed by atoms with Crippen LogP contribution in [0.15, 0.2) is 36.4 Å². The van der Waals surface area contributed by atoms with Gasteiger partial charge in [0.05, 0.1) is 0 Å². The Bertz CT molecular complexity index is 414. The largest absolute Gasteiger partial charge is 1.00 e. The van der Waals surface area contributed by atoms with Gasteiger partial charge in [-0.2, -0.15) is 5.43 Å². The minimum absolute atomic E-state index is 0. The van der Waals surface area contributed by atoms with Crippen molar-refractivity contribution < 1.29 is 22.2 Å². The van der Waals surface area contributed by atoms with E-state index in [9.17, 15) is 4.79 Å². The molecule has 1 fully saturated rings. The van der Waals surface area contributed by atoms with E-state index in [1.807, 2.05) is 36.4 Å². The van der Waals surface area contributed by atoms with E-state index in [0.29, 0.717) is 0 Å². The molecule has 0 spiro atoms. The average molecular weight is 282 g/mol. The van der Waals surface area contributed by atoms with Crippen molar-refractivity contribution in [1.82, 2.24) is 10.3 Å². The van der Waals surface area contributed by atoms with Gasteiger partial charge >= 0.3 is 0 Å². The molecule has 104 valence electrons. The van der Waals surface area contributed by atoms with E-state index >= 15 is 0 Å². The molecule has 1 amide bonds. The molecule has 1 aliphatic heterocycles. The maximum atomic E-state index is 11.7. The van der Waals surface area contributed by atoms with Crippen molar-refractivity contribution >= 4 is 12.0 Å². The van der Waals surface area contributed by atoms with E-state index in [1.54, 1.807) is 6.08 Å². The number of nitrogens with one attached hydrogen (secondary N) is 2. The highest BCUT2D eigenvalue weighted by atomic mass is 35.5. The molecule has 0 radical (unpaired) electrons. The minimum atomic E-state index is -0.0293. The summed E-state index contributed by atoms with van der Waals surface area (Å²) in [5.41, 5.74) is 4.02. The zero-order chi connectivity index (χ0) is 12.8. The monoisotopic (exact) mass is 281 g/mol. The highest BCUT2D eigenvalue weighted by molar-refractivity contribution is 5.90. The van der Waals surface area contributed by atoms with Crippen molar-refractivity contribution in [2.24, 2.45) is 0 Å². The molecular weight excluding hydrogens is 262 g/mol. The molecule has 1 aromatic rings. The van der Waals surface area contributed by atoms with Crippen molar-refractivity contribution in [3.63, 3.8) is 0 Å². The Balaban J connectivity index is 0.00000180. The second kappa shape index (κ2) is 7.94. The number of carbonyl (C=O) groups is 1. The number of amides is 1. The molecule has 1 heterocycles. The fraction of sp³-hybridized carbons (Fsp3) is 0.357. The van der Waals surface area contributed by atoms with Crippen LogP contribution in [0.5, 0.6) is 0 Å². The average Bonchev–Trinajstić information content (AvgIpc) is 2.40. The summed E-state index contributed by atoms with van der Waals surface area (Å²) >= 11 is 0. The van der Waals surface area contributed by atoms with Crippen LogP contribution in [0.25, 0.3) is 6.08 Å². The van der Waals surface area contributed by atoms with Gasteiger partial charge in [0.25, 0.3) is 5.91 Å². The van der Waals surface area contributed by atoms with Crippen LogP contribution in [0.3, 0.4) is 0 Å². The van der Waals surface area contributed by atoms with E-state index in [2.05, 4.69) is 17.4 Å². The lowest BCUT2D eigenvalue weighted by molar-refractivity contribution is -0.939. The smallest absolute Gasteiger partial charge is 0.288 e. The Kier molecular flexibility index (Phi) is 6.56. The molecule has 0 unspecified atom stereocenters. The lowest BCUT2D eigenvalue weighted by Gasteiger charge is -2.28. The van der Waals surface area contributed by atoms with E-state index in [0.717, 1.165) is 36.8 Å². The van der Waals surface area contributed by atoms with Crippen LogP contribution in [-0.4, -0.2) is 44.0 Å². The van der Waals surface area contributed by atoms with Crippen molar-refractivity contribution in [3.8, 4) is 0 Å². The molecule has 1 saturated heterocycles. The predicted octanol–water partition coefficient (Wildman–Crippen LogP) is -3.43. The summed E-state index contributed by atoms with van der Waals surface area (Å²) in [4.78, 5) is 14.0. The third kappa shape index (κ3) is 5.42. The molecular formula is C14H20ClN3O. The van der Waals surface area contributed by atoms with Gasteiger partial charge in [0.15, 0.2) is 0 Å². The normalized spacial score (nSPS) is 17.1. The van der Waals surface area contributed by atoms with Crippen molar-refractivity contribution in [2.45, 2.75) is 0 Å². The number of halogens is 1. The summed E-state index contributed by atoms with van der Waals surface area (Å²) in [7, 11) is 2.11. The number of quaternary nitrogens is 1. The summed E-state index contributed by atoms with van der Waals surface area (Å²) in [6.07, 6.45) is 3.44. The molecule has 0 bridgehead atoms. The quantitative estimate of drug-likeness (QED) is 0.566. The maximum Gasteiger partial charge on any atom is 0.288 e. The highest BCUT2D eigenvalue weighted by Gasteiger charge is 2.18. The van der Waals surface area contributed by atoms with Crippen molar-refractivity contribution in [3.05, 3.63) is 42.0 Å². The molecule has 0 atom stereocenters. The lowest BCUT2D eigenvalue weighted by Crippen LogP contribution is -3.21.